The van der Waals surface area contributed by atoms with Gasteiger partial charge in [0.25, 0.3) is 0 Å². The Bertz CT molecular complexity index is 1060. The maximum Gasteiger partial charge on any atom is 0.152 e. The molecule has 0 amide bonds. The summed E-state index contributed by atoms with van der Waals surface area (Å²) in [6, 6.07) is 15.4. The number of anilines is 1. The highest BCUT2D eigenvalue weighted by Crippen LogP contribution is 2.26. The van der Waals surface area contributed by atoms with Crippen molar-refractivity contribution in [2.45, 2.75) is 68.1 Å². The largest absolute Gasteiger partial charge is 0.506 e. The number of hydrogen-bond acceptors (Lipinski definition) is 10. The molecule has 10 nitrogen and oxygen atoms in total. The molecule has 2 aromatic carbocycles. The van der Waals surface area contributed by atoms with Gasteiger partial charge in [-0.25, -0.2) is 5.53 Å². The van der Waals surface area contributed by atoms with Crippen LogP contribution in [0.5, 0.6) is 11.5 Å². The summed E-state index contributed by atoms with van der Waals surface area (Å²) < 4.78 is 5.67. The van der Waals surface area contributed by atoms with Gasteiger partial charge in [0.2, 0.25) is 0 Å². The first-order valence-electron chi connectivity index (χ1n) is 14.2. The Morgan fingerprint density at radius 2 is 1.82 bits per heavy atom. The molecule has 0 aromatic heterocycles. The molecule has 7 N–H and O–H groups in total. The first-order valence-corrected chi connectivity index (χ1v) is 14.2. The molecule has 4 rings (SSSR count). The van der Waals surface area contributed by atoms with E-state index in [0.717, 1.165) is 35.4 Å². The van der Waals surface area contributed by atoms with E-state index < -0.39 is 0 Å². The van der Waals surface area contributed by atoms with E-state index >= 15 is 0 Å². The summed E-state index contributed by atoms with van der Waals surface area (Å²) in [6.45, 7) is 19.0. The molecular formula is C30H50N8O2. The Labute approximate surface area is 241 Å². The normalized spacial score (nSPS) is 14.6. The van der Waals surface area contributed by atoms with Crippen LogP contribution in [0.1, 0.15) is 72.9 Å². The number of ether oxygens (including phenoxy) is 1. The second-order valence-corrected chi connectivity index (χ2v) is 7.47. The lowest BCUT2D eigenvalue weighted by Crippen LogP contribution is -2.49. The minimum absolute atomic E-state index is 0.180. The Morgan fingerprint density at radius 3 is 2.38 bits per heavy atom. The molecular weight excluding hydrogens is 504 g/mol. The van der Waals surface area contributed by atoms with E-state index in [0.29, 0.717) is 25.5 Å². The number of phenolic OH excluding ortho intramolecular Hbond substituents is 1. The molecule has 10 heteroatoms. The summed E-state index contributed by atoms with van der Waals surface area (Å²) >= 11 is 0. The van der Waals surface area contributed by atoms with E-state index in [-0.39, 0.29) is 12.0 Å². The monoisotopic (exact) mass is 554 g/mol. The van der Waals surface area contributed by atoms with Gasteiger partial charge < -0.3 is 26.2 Å². The fourth-order valence-electron chi connectivity index (χ4n) is 3.34. The maximum atomic E-state index is 9.85. The second kappa shape index (κ2) is 23.0. The smallest absolute Gasteiger partial charge is 0.152 e. The van der Waals surface area contributed by atoms with Crippen LogP contribution < -0.4 is 32.0 Å². The van der Waals surface area contributed by atoms with Crippen molar-refractivity contribution in [2.24, 2.45) is 16.1 Å². The fourth-order valence-corrected chi connectivity index (χ4v) is 3.34. The first-order chi connectivity index (χ1) is 19.6. The van der Waals surface area contributed by atoms with Gasteiger partial charge in [0, 0.05) is 25.3 Å². The van der Waals surface area contributed by atoms with Crippen molar-refractivity contribution in [2.75, 3.05) is 31.7 Å². The molecule has 1 atom stereocenters. The van der Waals surface area contributed by atoms with Crippen LogP contribution in [0.2, 0.25) is 0 Å². The van der Waals surface area contributed by atoms with Crippen molar-refractivity contribution < 1.29 is 9.84 Å². The number of nitrogens with two attached hydrogens (primary N) is 1. The lowest BCUT2D eigenvalue weighted by atomic mass is 10.0. The predicted octanol–water partition coefficient (Wildman–Crippen LogP) is 5.61. The van der Waals surface area contributed by atoms with Crippen molar-refractivity contribution in [1.82, 2.24) is 21.2 Å². The van der Waals surface area contributed by atoms with Crippen molar-refractivity contribution >= 4 is 11.3 Å². The Balaban J connectivity index is 0.000000908. The molecule has 0 saturated heterocycles. The highest BCUT2D eigenvalue weighted by Gasteiger charge is 2.16. The molecule has 0 fully saturated rings. The maximum absolute atomic E-state index is 9.85. The summed E-state index contributed by atoms with van der Waals surface area (Å²) in [7, 11) is 0. The third kappa shape index (κ3) is 12.7. The highest BCUT2D eigenvalue weighted by atomic mass is 16.5. The van der Waals surface area contributed by atoms with Gasteiger partial charge in [0.1, 0.15) is 18.2 Å². The third-order valence-electron chi connectivity index (χ3n) is 4.97. The molecule has 2 heterocycles. The molecule has 0 aliphatic carbocycles. The van der Waals surface area contributed by atoms with Gasteiger partial charge in [-0.2, -0.15) is 10.1 Å². The summed E-state index contributed by atoms with van der Waals surface area (Å²) in [4.78, 5) is 0. The Hall–Kier alpha value is -3.94. The van der Waals surface area contributed by atoms with Crippen LogP contribution in [0.15, 0.2) is 59.0 Å². The summed E-state index contributed by atoms with van der Waals surface area (Å²) in [5.41, 5.74) is 11.6. The van der Waals surface area contributed by atoms with Crippen LogP contribution in [-0.2, 0) is 0 Å². The van der Waals surface area contributed by atoms with E-state index in [9.17, 15) is 5.11 Å². The standard InChI is InChI=1S/C20H22N4O2.C4H10N4.3C2H6/c1-2-26-19-11-15(8-7-14(19)9-10-21)16-12-22-20(23-13-16)24-17-5-3-4-6-18(17)25;1-2-3-8-4-5-6-7-8;3*1-2/h3-8,11-12,20,22-25H,2,13,21H2,1H3;2-4H2,1H3,(H,5,7);3*1-2H3. The highest BCUT2D eigenvalue weighted by molar-refractivity contribution is 5.70. The van der Waals surface area contributed by atoms with Crippen molar-refractivity contribution in [3.63, 3.8) is 0 Å². The van der Waals surface area contributed by atoms with Crippen LogP contribution in [-0.4, -0.2) is 42.8 Å². The molecule has 222 valence electrons. The molecule has 0 radical (unpaired) electrons. The van der Waals surface area contributed by atoms with Crippen LogP contribution in [0.25, 0.3) is 5.57 Å². The minimum atomic E-state index is -0.180. The zero-order chi connectivity index (χ0) is 30.2. The van der Waals surface area contributed by atoms with Gasteiger partial charge in [0.15, 0.2) is 6.29 Å². The molecule has 40 heavy (non-hydrogen) atoms. The average molecular weight is 555 g/mol. The number of phenols is 1. The number of rotatable bonds is 7. The first kappa shape index (κ1) is 36.1. The SMILES string of the molecule is CC.CC.CC.CCCN1CN=NN1.CCOc1cc(C2=CNC(Nc3ccccc3O)NC2)ccc1C#CN. The summed E-state index contributed by atoms with van der Waals surface area (Å²) in [5.74, 6) is 3.78. The Kier molecular flexibility index (Phi) is 20.7. The van der Waals surface area contributed by atoms with Crippen molar-refractivity contribution in [1.29, 1.82) is 0 Å². The number of para-hydroxylation sites is 2. The lowest BCUT2D eigenvalue weighted by Gasteiger charge is -2.27. The van der Waals surface area contributed by atoms with E-state index in [1.807, 2.05) is 90.0 Å². The average Bonchev–Trinajstić information content (AvgIpc) is 3.53. The van der Waals surface area contributed by atoms with Crippen LogP contribution in [0.3, 0.4) is 0 Å². The number of nitrogens with one attached hydrogen (secondary N) is 4. The quantitative estimate of drug-likeness (QED) is 0.148. The number of benzene rings is 2. The van der Waals surface area contributed by atoms with E-state index in [1.165, 1.54) is 0 Å². The number of hydrazine groups is 1. The fraction of sp³-hybridized carbons (Fsp3) is 0.467. The second-order valence-electron chi connectivity index (χ2n) is 7.47. The molecule has 2 aromatic rings. The van der Waals surface area contributed by atoms with E-state index in [1.54, 1.807) is 12.1 Å². The molecule has 0 bridgehead atoms. The van der Waals surface area contributed by atoms with Crippen molar-refractivity contribution in [3.05, 3.63) is 59.8 Å². The lowest BCUT2D eigenvalue weighted by molar-refractivity contribution is 0.237. The number of aromatic hydroxyl groups is 1. The molecule has 2 aliphatic rings. The minimum Gasteiger partial charge on any atom is -0.506 e. The Morgan fingerprint density at radius 1 is 1.10 bits per heavy atom. The van der Waals surface area contributed by atoms with Gasteiger partial charge >= 0.3 is 0 Å². The van der Waals surface area contributed by atoms with Crippen LogP contribution >= 0.6 is 0 Å². The predicted molar refractivity (Wildman–Crippen MR) is 167 cm³/mol. The zero-order valence-electron chi connectivity index (χ0n) is 25.5. The van der Waals surface area contributed by atoms with E-state index in [2.05, 4.69) is 50.7 Å². The summed E-state index contributed by atoms with van der Waals surface area (Å²) in [5, 5.41) is 28.9. The topological polar surface area (TPSA) is 132 Å². The molecule has 2 aliphatic heterocycles. The van der Waals surface area contributed by atoms with Crippen LogP contribution in [0.4, 0.5) is 5.69 Å². The third-order valence-corrected chi connectivity index (χ3v) is 4.97. The molecule has 0 saturated carbocycles. The van der Waals surface area contributed by atoms with Gasteiger partial charge in [-0.3, -0.25) is 5.32 Å². The number of hydrogen-bond donors (Lipinski definition) is 6. The van der Waals surface area contributed by atoms with Gasteiger partial charge in [-0.05, 0) is 54.7 Å². The molecule has 1 unspecified atom stereocenters. The van der Waals surface area contributed by atoms with Crippen molar-refractivity contribution in [3.8, 4) is 23.5 Å². The van der Waals surface area contributed by atoms with E-state index in [4.69, 9.17) is 10.5 Å². The molecule has 0 spiro atoms. The zero-order valence-corrected chi connectivity index (χ0v) is 25.5. The number of nitrogens with zero attached hydrogens (tertiary/aromatic N) is 3. The van der Waals surface area contributed by atoms with Gasteiger partial charge in [0.05, 0.1) is 17.9 Å². The van der Waals surface area contributed by atoms with Gasteiger partial charge in [-0.15, -0.1) is 0 Å². The van der Waals surface area contributed by atoms with Crippen LogP contribution in [0, 0.1) is 12.0 Å². The summed E-state index contributed by atoms with van der Waals surface area (Å²) in [6.07, 6.45) is 2.91. The van der Waals surface area contributed by atoms with Gasteiger partial charge in [-0.1, -0.05) is 71.9 Å².